The van der Waals surface area contributed by atoms with Crippen LogP contribution < -0.4 is 5.32 Å². The number of fused-ring (bicyclic) bond motifs is 4. The Bertz CT molecular complexity index is 1450. The number of nitrogens with zero attached hydrogens (tertiary/aromatic N) is 1. The van der Waals surface area contributed by atoms with Gasteiger partial charge in [0, 0.05) is 34.8 Å². The van der Waals surface area contributed by atoms with Crippen LogP contribution in [0.15, 0.2) is 84.6 Å². The average Bonchev–Trinajstić information content (AvgIpc) is 2.85. The second-order valence-corrected chi connectivity index (χ2v) is 9.40. The van der Waals surface area contributed by atoms with E-state index in [-0.39, 0.29) is 17.7 Å². The molecule has 33 heavy (non-hydrogen) atoms. The molecule has 5 heteroatoms. The largest absolute Gasteiger partial charge is 0.373 e. The lowest BCUT2D eigenvalue weighted by molar-refractivity contribution is -0.116. The number of hydrogen-bond donors (Lipinski definition) is 1. The van der Waals surface area contributed by atoms with Crippen LogP contribution >= 0.6 is 23.2 Å². The molecule has 162 valence electrons. The molecule has 0 amide bonds. The number of hydrogen-bond acceptors (Lipinski definition) is 3. The molecule has 1 N–H and O–H groups in total. The molecule has 0 saturated carbocycles. The molecule has 1 aromatic heterocycles. The van der Waals surface area contributed by atoms with Crippen LogP contribution in [0.4, 0.5) is 5.69 Å². The average molecular weight is 471 g/mol. The van der Waals surface area contributed by atoms with E-state index in [1.807, 2.05) is 42.5 Å². The van der Waals surface area contributed by atoms with Gasteiger partial charge < -0.3 is 5.32 Å². The number of Topliss-reactive ketones (excluding diaryl/α,β-unsaturated/α-hetero) is 1. The number of halogens is 2. The number of allylic oxidation sites excluding steroid dienone is 1. The van der Waals surface area contributed by atoms with Gasteiger partial charge in [0.25, 0.3) is 0 Å². The molecule has 2 atom stereocenters. The van der Waals surface area contributed by atoms with Crippen molar-refractivity contribution >= 4 is 51.1 Å². The predicted molar refractivity (Wildman–Crippen MR) is 135 cm³/mol. The Morgan fingerprint density at radius 2 is 1.73 bits per heavy atom. The molecule has 4 aromatic rings. The van der Waals surface area contributed by atoms with Crippen molar-refractivity contribution in [3.63, 3.8) is 0 Å². The van der Waals surface area contributed by atoms with E-state index in [4.69, 9.17) is 23.2 Å². The van der Waals surface area contributed by atoms with Gasteiger partial charge in [-0.05, 0) is 53.3 Å². The minimum atomic E-state index is -0.350. The first kappa shape index (κ1) is 20.5. The summed E-state index contributed by atoms with van der Waals surface area (Å²) in [6, 6.07) is 23.6. The highest BCUT2D eigenvalue weighted by molar-refractivity contribution is 6.42. The Morgan fingerprint density at radius 3 is 2.58 bits per heavy atom. The van der Waals surface area contributed by atoms with Crippen molar-refractivity contribution in [1.82, 2.24) is 4.98 Å². The van der Waals surface area contributed by atoms with Crippen molar-refractivity contribution in [2.24, 2.45) is 0 Å². The zero-order chi connectivity index (χ0) is 22.5. The van der Waals surface area contributed by atoms with Gasteiger partial charge in [0.2, 0.25) is 0 Å². The second kappa shape index (κ2) is 8.02. The third-order valence-electron chi connectivity index (χ3n) is 6.75. The molecule has 0 unspecified atom stereocenters. The molecule has 6 rings (SSSR count). The third kappa shape index (κ3) is 3.35. The first-order valence-electron chi connectivity index (χ1n) is 11.0. The van der Waals surface area contributed by atoms with Gasteiger partial charge in [-0.15, -0.1) is 0 Å². The van der Waals surface area contributed by atoms with Crippen molar-refractivity contribution in [3.8, 4) is 0 Å². The molecule has 2 aliphatic rings. The molecule has 0 fully saturated rings. The first-order chi connectivity index (χ1) is 16.1. The van der Waals surface area contributed by atoms with E-state index in [0.717, 1.165) is 45.3 Å². The fourth-order valence-corrected chi connectivity index (χ4v) is 5.68. The quantitative estimate of drug-likeness (QED) is 0.327. The molecule has 0 spiro atoms. The maximum atomic E-state index is 13.7. The summed E-state index contributed by atoms with van der Waals surface area (Å²) in [5.74, 6) is 0.274. The molecule has 0 saturated heterocycles. The Morgan fingerprint density at radius 1 is 0.879 bits per heavy atom. The zero-order valence-electron chi connectivity index (χ0n) is 17.7. The highest BCUT2D eigenvalue weighted by Crippen LogP contribution is 2.51. The van der Waals surface area contributed by atoms with E-state index in [0.29, 0.717) is 16.5 Å². The number of ketones is 1. The number of anilines is 1. The van der Waals surface area contributed by atoms with Crippen LogP contribution in [0, 0.1) is 0 Å². The van der Waals surface area contributed by atoms with Gasteiger partial charge in [0.05, 0.1) is 21.6 Å². The summed E-state index contributed by atoms with van der Waals surface area (Å²) >= 11 is 13.0. The molecular weight excluding hydrogens is 451 g/mol. The van der Waals surface area contributed by atoms with Crippen LogP contribution in [-0.4, -0.2) is 10.8 Å². The summed E-state index contributed by atoms with van der Waals surface area (Å²) in [6.45, 7) is 0. The number of aromatic nitrogens is 1. The highest BCUT2D eigenvalue weighted by atomic mass is 35.5. The monoisotopic (exact) mass is 470 g/mol. The lowest BCUT2D eigenvalue weighted by Crippen LogP contribution is -2.29. The number of nitrogens with one attached hydrogen (secondary N) is 1. The third-order valence-corrected chi connectivity index (χ3v) is 7.58. The van der Waals surface area contributed by atoms with Gasteiger partial charge in [0.1, 0.15) is 0 Å². The highest BCUT2D eigenvalue weighted by Gasteiger charge is 2.39. The van der Waals surface area contributed by atoms with Crippen molar-refractivity contribution in [1.29, 1.82) is 0 Å². The van der Waals surface area contributed by atoms with Gasteiger partial charge in [-0.25, -0.2) is 0 Å². The molecule has 3 aromatic carbocycles. The van der Waals surface area contributed by atoms with Gasteiger partial charge in [-0.3, -0.25) is 9.78 Å². The Hall–Kier alpha value is -3.14. The summed E-state index contributed by atoms with van der Waals surface area (Å²) in [5.41, 5.74) is 6.84. The van der Waals surface area contributed by atoms with Crippen molar-refractivity contribution < 1.29 is 4.79 Å². The number of pyridine rings is 1. The number of benzene rings is 3. The van der Waals surface area contributed by atoms with E-state index in [1.165, 1.54) is 5.56 Å². The maximum absolute atomic E-state index is 13.7. The minimum Gasteiger partial charge on any atom is -0.373 e. The molecule has 0 radical (unpaired) electrons. The van der Waals surface area contributed by atoms with Crippen LogP contribution in [0.2, 0.25) is 10.0 Å². The van der Waals surface area contributed by atoms with E-state index >= 15 is 0 Å². The number of carbonyl (C=O) groups is 1. The molecule has 1 aliphatic heterocycles. The van der Waals surface area contributed by atoms with Crippen LogP contribution in [0.1, 0.15) is 41.5 Å². The summed E-state index contributed by atoms with van der Waals surface area (Å²) < 4.78 is 0. The van der Waals surface area contributed by atoms with Crippen molar-refractivity contribution in [3.05, 3.63) is 111 Å². The topological polar surface area (TPSA) is 42.0 Å². The Kier molecular flexibility index (Phi) is 4.97. The van der Waals surface area contributed by atoms with Gasteiger partial charge >= 0.3 is 0 Å². The van der Waals surface area contributed by atoms with Crippen LogP contribution in [0.5, 0.6) is 0 Å². The number of rotatable bonds is 2. The maximum Gasteiger partial charge on any atom is 0.162 e. The molecule has 3 nitrogen and oxygen atoms in total. The van der Waals surface area contributed by atoms with Gasteiger partial charge in [-0.1, -0.05) is 71.7 Å². The summed E-state index contributed by atoms with van der Waals surface area (Å²) in [6.07, 6.45) is 3.05. The normalized spacial score (nSPS) is 19.8. The lowest BCUT2D eigenvalue weighted by atomic mass is 9.72. The van der Waals surface area contributed by atoms with Crippen LogP contribution in [0.3, 0.4) is 0 Å². The van der Waals surface area contributed by atoms with Crippen molar-refractivity contribution in [2.75, 3.05) is 5.32 Å². The van der Waals surface area contributed by atoms with Gasteiger partial charge in [0.15, 0.2) is 5.78 Å². The standard InChI is InChI=1S/C28H20Cl2N2O/c29-21-10-4-8-19(27(21)30)28-26-20(14-17(15-24(26)33)16-6-2-1-3-7-16)25-18-9-5-13-31-22(18)11-12-23(25)32-28/h1-13,17,28,32H,14-15H2/t17-,28-/m1/s1. The van der Waals surface area contributed by atoms with E-state index in [1.54, 1.807) is 12.3 Å². The summed E-state index contributed by atoms with van der Waals surface area (Å²) in [7, 11) is 0. The first-order valence-corrected chi connectivity index (χ1v) is 11.8. The summed E-state index contributed by atoms with van der Waals surface area (Å²) in [4.78, 5) is 18.3. The second-order valence-electron chi connectivity index (χ2n) is 8.61. The minimum absolute atomic E-state index is 0.130. The van der Waals surface area contributed by atoms with E-state index in [2.05, 4.69) is 34.6 Å². The Balaban J connectivity index is 1.60. The van der Waals surface area contributed by atoms with Crippen LogP contribution in [-0.2, 0) is 4.79 Å². The van der Waals surface area contributed by atoms with E-state index < -0.39 is 0 Å². The summed E-state index contributed by atoms with van der Waals surface area (Å²) in [5, 5.41) is 5.62. The molecule has 2 heterocycles. The number of carbonyl (C=O) groups excluding carboxylic acids is 1. The zero-order valence-corrected chi connectivity index (χ0v) is 19.2. The smallest absolute Gasteiger partial charge is 0.162 e. The SMILES string of the molecule is O=C1C[C@H](c2ccccc2)CC2=C1[C@@H](c1cccc(Cl)c1Cl)Nc1ccc3ncccc3c12. The molecular formula is C28H20Cl2N2O. The van der Waals surface area contributed by atoms with E-state index in [9.17, 15) is 4.79 Å². The van der Waals surface area contributed by atoms with Gasteiger partial charge in [-0.2, -0.15) is 0 Å². The molecule has 0 bridgehead atoms. The fraction of sp³-hybridized carbons (Fsp3) is 0.143. The fourth-order valence-electron chi connectivity index (χ4n) is 5.27. The molecule has 1 aliphatic carbocycles. The van der Waals surface area contributed by atoms with Crippen LogP contribution in [0.25, 0.3) is 16.5 Å². The predicted octanol–water partition coefficient (Wildman–Crippen LogP) is 7.61. The Labute approximate surface area is 202 Å². The lowest BCUT2D eigenvalue weighted by Gasteiger charge is -2.37. The van der Waals surface area contributed by atoms with Crippen molar-refractivity contribution in [2.45, 2.75) is 24.8 Å².